The first-order valence-electron chi connectivity index (χ1n) is 6.61. The number of carbonyl (C=O) groups excluding carboxylic acids is 1. The van der Waals surface area contributed by atoms with Crippen LogP contribution in [0.15, 0.2) is 9.59 Å². The summed E-state index contributed by atoms with van der Waals surface area (Å²) in [7, 11) is 1.58. The molecular formula is C12H21N3O5. The maximum absolute atomic E-state index is 11.4. The Labute approximate surface area is 116 Å². The summed E-state index contributed by atoms with van der Waals surface area (Å²) in [6.45, 7) is 1.37. The second-order valence-electron chi connectivity index (χ2n) is 4.41. The van der Waals surface area contributed by atoms with E-state index in [1.165, 1.54) is 0 Å². The molecule has 1 heterocycles. The number of hydrogen-bond acceptors (Lipinski definition) is 5. The summed E-state index contributed by atoms with van der Waals surface area (Å²) in [5.41, 5.74) is -0.866. The van der Waals surface area contributed by atoms with Crippen LogP contribution in [0.5, 0.6) is 0 Å². The van der Waals surface area contributed by atoms with Gasteiger partial charge >= 0.3 is 11.4 Å². The second-order valence-corrected chi connectivity index (χ2v) is 4.41. The number of methoxy groups -OCH3 is 1. The fraction of sp³-hybridized carbons (Fsp3) is 0.750. The first kappa shape index (κ1) is 16.4. The molecule has 0 saturated heterocycles. The lowest BCUT2D eigenvalue weighted by molar-refractivity contribution is -0.124. The van der Waals surface area contributed by atoms with Crippen LogP contribution in [-0.4, -0.2) is 47.5 Å². The molecule has 0 aliphatic heterocycles. The molecule has 1 aromatic rings. The Bertz CT molecular complexity index is 474. The predicted molar refractivity (Wildman–Crippen MR) is 71.8 cm³/mol. The number of H-pyrrole nitrogens is 2. The standard InChI is InChI=1S/C12H21N3O5/c1-19-7-8-20-9-10(16)5-3-2-4-6-15-11(17)13-14-12(15)18/h2-9H2,1H3,(H,13,17)(H,14,18). The molecule has 2 N–H and O–H groups in total. The fourth-order valence-electron chi connectivity index (χ4n) is 1.71. The average molecular weight is 287 g/mol. The van der Waals surface area contributed by atoms with Gasteiger partial charge < -0.3 is 9.47 Å². The molecule has 0 spiro atoms. The summed E-state index contributed by atoms with van der Waals surface area (Å²) in [4.78, 5) is 33.8. The van der Waals surface area contributed by atoms with E-state index < -0.39 is 11.4 Å². The van der Waals surface area contributed by atoms with Gasteiger partial charge in [-0.3, -0.25) is 4.79 Å². The largest absolute Gasteiger partial charge is 0.382 e. The summed E-state index contributed by atoms with van der Waals surface area (Å²) in [5.74, 6) is 0.0535. The topological polar surface area (TPSA) is 106 Å². The van der Waals surface area contributed by atoms with Crippen molar-refractivity contribution in [2.75, 3.05) is 26.9 Å². The molecule has 0 aliphatic carbocycles. The normalized spacial score (nSPS) is 10.8. The molecule has 0 radical (unpaired) electrons. The van der Waals surface area contributed by atoms with Gasteiger partial charge in [-0.05, 0) is 12.8 Å². The third kappa shape index (κ3) is 5.98. The number of unbranched alkanes of at least 4 members (excludes halogenated alkanes) is 2. The molecule has 20 heavy (non-hydrogen) atoms. The van der Waals surface area contributed by atoms with Gasteiger partial charge in [0.25, 0.3) is 0 Å². The highest BCUT2D eigenvalue weighted by Gasteiger charge is 2.04. The third-order valence-electron chi connectivity index (χ3n) is 2.80. The number of hydrogen-bond donors (Lipinski definition) is 2. The molecule has 1 aromatic heterocycles. The molecule has 0 unspecified atom stereocenters. The van der Waals surface area contributed by atoms with E-state index in [0.717, 1.165) is 17.4 Å². The van der Waals surface area contributed by atoms with Crippen LogP contribution in [0, 0.1) is 0 Å². The van der Waals surface area contributed by atoms with E-state index in [0.29, 0.717) is 32.6 Å². The minimum Gasteiger partial charge on any atom is -0.382 e. The van der Waals surface area contributed by atoms with Gasteiger partial charge in [0.15, 0.2) is 5.78 Å². The van der Waals surface area contributed by atoms with Crippen LogP contribution < -0.4 is 11.4 Å². The van der Waals surface area contributed by atoms with Crippen LogP contribution in [-0.2, 0) is 20.8 Å². The molecule has 0 bridgehead atoms. The molecule has 8 heteroatoms. The van der Waals surface area contributed by atoms with Gasteiger partial charge in [0.2, 0.25) is 0 Å². The first-order valence-corrected chi connectivity index (χ1v) is 6.61. The van der Waals surface area contributed by atoms with Crippen molar-refractivity contribution < 1.29 is 14.3 Å². The Morgan fingerprint density at radius 2 is 1.80 bits per heavy atom. The highest BCUT2D eigenvalue weighted by atomic mass is 16.5. The van der Waals surface area contributed by atoms with Crippen molar-refractivity contribution in [2.24, 2.45) is 0 Å². The average Bonchev–Trinajstić information content (AvgIpc) is 2.74. The minimum atomic E-state index is -0.433. The molecule has 0 aromatic carbocycles. The van der Waals surface area contributed by atoms with E-state index in [9.17, 15) is 14.4 Å². The van der Waals surface area contributed by atoms with Crippen LogP contribution in [0.4, 0.5) is 0 Å². The monoisotopic (exact) mass is 287 g/mol. The highest BCUT2D eigenvalue weighted by Crippen LogP contribution is 2.01. The van der Waals surface area contributed by atoms with Crippen molar-refractivity contribution in [3.05, 3.63) is 21.0 Å². The lowest BCUT2D eigenvalue weighted by Crippen LogP contribution is -2.26. The van der Waals surface area contributed by atoms with Gasteiger partial charge in [0.05, 0.1) is 13.2 Å². The summed E-state index contributed by atoms with van der Waals surface area (Å²) in [5, 5.41) is 4.44. The molecular weight excluding hydrogens is 266 g/mol. The van der Waals surface area contributed by atoms with Crippen molar-refractivity contribution in [3.8, 4) is 0 Å². The predicted octanol–water partition coefficient (Wildman–Crippen LogP) is -0.343. The maximum atomic E-state index is 11.4. The summed E-state index contributed by atoms with van der Waals surface area (Å²) >= 11 is 0. The highest BCUT2D eigenvalue weighted by molar-refractivity contribution is 5.79. The van der Waals surface area contributed by atoms with Gasteiger partial charge in [-0.1, -0.05) is 6.42 Å². The molecule has 114 valence electrons. The van der Waals surface area contributed by atoms with Gasteiger partial charge in [-0.2, -0.15) is 0 Å². The fourth-order valence-corrected chi connectivity index (χ4v) is 1.71. The van der Waals surface area contributed by atoms with E-state index in [4.69, 9.17) is 9.47 Å². The third-order valence-corrected chi connectivity index (χ3v) is 2.80. The summed E-state index contributed by atoms with van der Waals surface area (Å²) in [6, 6.07) is 0. The molecule has 8 nitrogen and oxygen atoms in total. The molecule has 0 atom stereocenters. The van der Waals surface area contributed by atoms with Crippen molar-refractivity contribution in [3.63, 3.8) is 0 Å². The number of aromatic amines is 2. The number of nitrogens with one attached hydrogen (secondary N) is 2. The number of rotatable bonds is 11. The lowest BCUT2D eigenvalue weighted by atomic mass is 10.1. The van der Waals surface area contributed by atoms with Crippen molar-refractivity contribution >= 4 is 5.78 Å². The summed E-state index contributed by atoms with van der Waals surface area (Å²) < 4.78 is 11.0. The smallest absolute Gasteiger partial charge is 0.344 e. The van der Waals surface area contributed by atoms with Crippen LogP contribution >= 0.6 is 0 Å². The Hall–Kier alpha value is -1.67. The lowest BCUT2D eigenvalue weighted by Gasteiger charge is -2.03. The van der Waals surface area contributed by atoms with E-state index in [1.54, 1.807) is 7.11 Å². The minimum absolute atomic E-state index is 0.0535. The van der Waals surface area contributed by atoms with Gasteiger partial charge in [-0.25, -0.2) is 24.4 Å². The Balaban J connectivity index is 2.06. The maximum Gasteiger partial charge on any atom is 0.344 e. The van der Waals surface area contributed by atoms with E-state index in [2.05, 4.69) is 10.2 Å². The molecule has 0 aliphatic rings. The SMILES string of the molecule is COCCOCC(=O)CCCCCn1c(=O)[nH][nH]c1=O. The molecule has 1 rings (SSSR count). The van der Waals surface area contributed by atoms with Gasteiger partial charge in [0.1, 0.15) is 6.61 Å². The van der Waals surface area contributed by atoms with E-state index >= 15 is 0 Å². The number of nitrogens with zero attached hydrogens (tertiary/aromatic N) is 1. The number of carbonyl (C=O) groups is 1. The molecule has 0 amide bonds. The Morgan fingerprint density at radius 1 is 1.10 bits per heavy atom. The van der Waals surface area contributed by atoms with Crippen LogP contribution in [0.25, 0.3) is 0 Å². The number of ketones is 1. The van der Waals surface area contributed by atoms with E-state index in [-0.39, 0.29) is 12.4 Å². The zero-order valence-electron chi connectivity index (χ0n) is 11.6. The zero-order chi connectivity index (χ0) is 14.8. The Kier molecular flexibility index (Phi) is 7.59. The number of ether oxygens (including phenoxy) is 2. The quantitative estimate of drug-likeness (QED) is 0.541. The number of Topliss-reactive ketones (excluding diaryl/α,β-unsaturated/α-hetero) is 1. The summed E-state index contributed by atoms with van der Waals surface area (Å²) in [6.07, 6.45) is 2.63. The second kappa shape index (κ2) is 9.27. The van der Waals surface area contributed by atoms with Crippen molar-refractivity contribution in [1.82, 2.24) is 14.8 Å². The molecule has 0 fully saturated rings. The Morgan fingerprint density at radius 3 is 2.45 bits per heavy atom. The van der Waals surface area contributed by atoms with Gasteiger partial charge in [0, 0.05) is 20.1 Å². The van der Waals surface area contributed by atoms with Crippen LogP contribution in [0.2, 0.25) is 0 Å². The van der Waals surface area contributed by atoms with Crippen molar-refractivity contribution in [2.45, 2.75) is 32.2 Å². The first-order chi connectivity index (χ1) is 9.65. The zero-order valence-corrected chi connectivity index (χ0v) is 11.6. The van der Waals surface area contributed by atoms with Gasteiger partial charge in [-0.15, -0.1) is 0 Å². The van der Waals surface area contributed by atoms with Crippen LogP contribution in [0.1, 0.15) is 25.7 Å². The number of aromatic nitrogens is 3. The van der Waals surface area contributed by atoms with Crippen LogP contribution in [0.3, 0.4) is 0 Å². The molecule has 0 saturated carbocycles. The van der Waals surface area contributed by atoms with Crippen molar-refractivity contribution in [1.29, 1.82) is 0 Å². The van der Waals surface area contributed by atoms with E-state index in [1.807, 2.05) is 0 Å².